The summed E-state index contributed by atoms with van der Waals surface area (Å²) < 4.78 is 11.0. The van der Waals surface area contributed by atoms with E-state index in [1.165, 1.54) is 0 Å². The van der Waals surface area contributed by atoms with Crippen molar-refractivity contribution in [3.8, 4) is 11.5 Å². The maximum atomic E-state index is 12.6. The molecule has 1 aliphatic rings. The van der Waals surface area contributed by atoms with E-state index in [0.29, 0.717) is 29.4 Å². The molecule has 3 rings (SSSR count). The van der Waals surface area contributed by atoms with Crippen LogP contribution in [0.1, 0.15) is 20.3 Å². The van der Waals surface area contributed by atoms with Crippen LogP contribution in [0.2, 0.25) is 0 Å². The molecule has 1 aromatic carbocycles. The van der Waals surface area contributed by atoms with Crippen molar-refractivity contribution in [2.45, 2.75) is 26.4 Å². The zero-order chi connectivity index (χ0) is 18.7. The van der Waals surface area contributed by atoms with Gasteiger partial charge in [-0.3, -0.25) is 14.7 Å². The standard InChI is InChI=1S/C18H22N4O4/c1-11(2)26-16-7-13(4-5-15(16)25-3)21-18(24)12-6-17(23)22(10-12)14-8-19-20-9-14/h4-5,7-9,11-12H,6,10H2,1-3H3,(H,19,20)(H,21,24). The second-order valence-corrected chi connectivity index (χ2v) is 6.38. The number of carbonyl (C=O) groups is 2. The zero-order valence-electron chi connectivity index (χ0n) is 15.0. The summed E-state index contributed by atoms with van der Waals surface area (Å²) in [5.41, 5.74) is 1.27. The van der Waals surface area contributed by atoms with E-state index < -0.39 is 5.92 Å². The Morgan fingerprint density at radius 3 is 2.85 bits per heavy atom. The summed E-state index contributed by atoms with van der Waals surface area (Å²) in [6.07, 6.45) is 3.35. The molecule has 1 saturated heterocycles. The Morgan fingerprint density at radius 1 is 1.38 bits per heavy atom. The summed E-state index contributed by atoms with van der Waals surface area (Å²) in [7, 11) is 1.56. The van der Waals surface area contributed by atoms with Crippen molar-refractivity contribution in [3.05, 3.63) is 30.6 Å². The molecule has 1 unspecified atom stereocenters. The van der Waals surface area contributed by atoms with Gasteiger partial charge in [0.05, 0.1) is 31.0 Å². The van der Waals surface area contributed by atoms with Crippen molar-refractivity contribution in [2.24, 2.45) is 5.92 Å². The molecule has 0 saturated carbocycles. The van der Waals surface area contributed by atoms with Crippen molar-refractivity contribution in [1.29, 1.82) is 0 Å². The number of carbonyl (C=O) groups excluding carboxylic acids is 2. The van der Waals surface area contributed by atoms with Gasteiger partial charge in [-0.15, -0.1) is 0 Å². The van der Waals surface area contributed by atoms with Crippen LogP contribution in [-0.4, -0.2) is 41.8 Å². The Balaban J connectivity index is 1.69. The van der Waals surface area contributed by atoms with Crippen LogP contribution in [0.5, 0.6) is 11.5 Å². The maximum Gasteiger partial charge on any atom is 0.229 e. The third-order valence-electron chi connectivity index (χ3n) is 4.09. The average Bonchev–Trinajstić information content (AvgIpc) is 3.23. The maximum absolute atomic E-state index is 12.6. The van der Waals surface area contributed by atoms with Gasteiger partial charge in [0.1, 0.15) is 0 Å². The van der Waals surface area contributed by atoms with E-state index in [2.05, 4.69) is 15.5 Å². The van der Waals surface area contributed by atoms with Gasteiger partial charge in [-0.25, -0.2) is 0 Å². The quantitative estimate of drug-likeness (QED) is 0.825. The van der Waals surface area contributed by atoms with E-state index in [1.807, 2.05) is 13.8 Å². The van der Waals surface area contributed by atoms with Crippen LogP contribution in [0.25, 0.3) is 0 Å². The van der Waals surface area contributed by atoms with Crippen LogP contribution in [0.3, 0.4) is 0 Å². The molecule has 138 valence electrons. The molecule has 2 amide bonds. The fourth-order valence-corrected chi connectivity index (χ4v) is 2.87. The first kappa shape index (κ1) is 17.8. The molecular weight excluding hydrogens is 336 g/mol. The number of hydrogen-bond donors (Lipinski definition) is 2. The highest BCUT2D eigenvalue weighted by Gasteiger charge is 2.35. The van der Waals surface area contributed by atoms with Gasteiger partial charge in [0.15, 0.2) is 11.5 Å². The topological polar surface area (TPSA) is 96.5 Å². The van der Waals surface area contributed by atoms with E-state index in [-0.39, 0.29) is 24.3 Å². The number of nitrogens with one attached hydrogen (secondary N) is 2. The molecule has 1 fully saturated rings. The van der Waals surface area contributed by atoms with Gasteiger partial charge in [0.2, 0.25) is 11.8 Å². The summed E-state index contributed by atoms with van der Waals surface area (Å²) in [6, 6.07) is 5.21. The molecule has 2 aromatic rings. The molecular formula is C18H22N4O4. The zero-order valence-corrected chi connectivity index (χ0v) is 15.0. The molecule has 1 aromatic heterocycles. The number of rotatable bonds is 6. The van der Waals surface area contributed by atoms with E-state index in [1.54, 1.807) is 42.6 Å². The van der Waals surface area contributed by atoms with Crippen molar-refractivity contribution >= 4 is 23.2 Å². The Hall–Kier alpha value is -3.03. The lowest BCUT2D eigenvalue weighted by Gasteiger charge is -2.16. The minimum absolute atomic E-state index is 0.0224. The predicted molar refractivity (Wildman–Crippen MR) is 96.4 cm³/mol. The SMILES string of the molecule is COc1ccc(NC(=O)C2CC(=O)N(c3cn[nH]c3)C2)cc1OC(C)C. The Morgan fingerprint density at radius 2 is 2.19 bits per heavy atom. The molecule has 26 heavy (non-hydrogen) atoms. The van der Waals surface area contributed by atoms with Crippen LogP contribution >= 0.6 is 0 Å². The van der Waals surface area contributed by atoms with E-state index in [9.17, 15) is 9.59 Å². The number of benzene rings is 1. The fourth-order valence-electron chi connectivity index (χ4n) is 2.87. The Kier molecular flexibility index (Phi) is 5.11. The van der Waals surface area contributed by atoms with Gasteiger partial charge < -0.3 is 19.7 Å². The first-order valence-electron chi connectivity index (χ1n) is 8.42. The van der Waals surface area contributed by atoms with Gasteiger partial charge in [0.25, 0.3) is 0 Å². The first-order chi connectivity index (χ1) is 12.5. The number of hydrogen-bond acceptors (Lipinski definition) is 5. The van der Waals surface area contributed by atoms with Gasteiger partial charge in [-0.05, 0) is 26.0 Å². The lowest BCUT2D eigenvalue weighted by Crippen LogP contribution is -2.27. The summed E-state index contributed by atoms with van der Waals surface area (Å²) in [6.45, 7) is 4.16. The number of aromatic nitrogens is 2. The minimum atomic E-state index is -0.422. The summed E-state index contributed by atoms with van der Waals surface area (Å²) >= 11 is 0. The van der Waals surface area contributed by atoms with Crippen LogP contribution in [0, 0.1) is 5.92 Å². The number of aromatic amines is 1. The van der Waals surface area contributed by atoms with Crippen molar-refractivity contribution < 1.29 is 19.1 Å². The van der Waals surface area contributed by atoms with Crippen LogP contribution in [-0.2, 0) is 9.59 Å². The number of H-pyrrole nitrogens is 1. The molecule has 0 radical (unpaired) electrons. The van der Waals surface area contributed by atoms with Crippen LogP contribution in [0.4, 0.5) is 11.4 Å². The number of amides is 2. The second-order valence-electron chi connectivity index (χ2n) is 6.38. The number of nitrogens with zero attached hydrogens (tertiary/aromatic N) is 2. The molecule has 0 aliphatic carbocycles. The van der Waals surface area contributed by atoms with Crippen molar-refractivity contribution in [1.82, 2.24) is 10.2 Å². The normalized spacial score (nSPS) is 16.8. The van der Waals surface area contributed by atoms with Crippen LogP contribution in [0.15, 0.2) is 30.6 Å². The lowest BCUT2D eigenvalue weighted by atomic mass is 10.1. The minimum Gasteiger partial charge on any atom is -0.493 e. The molecule has 0 bridgehead atoms. The largest absolute Gasteiger partial charge is 0.493 e. The average molecular weight is 358 g/mol. The second kappa shape index (κ2) is 7.47. The lowest BCUT2D eigenvalue weighted by molar-refractivity contribution is -0.122. The molecule has 1 atom stereocenters. The van der Waals surface area contributed by atoms with Gasteiger partial charge in [-0.2, -0.15) is 5.10 Å². The smallest absolute Gasteiger partial charge is 0.229 e. The van der Waals surface area contributed by atoms with E-state index >= 15 is 0 Å². The molecule has 8 heteroatoms. The summed E-state index contributed by atoms with van der Waals surface area (Å²) in [5.74, 6) is 0.436. The van der Waals surface area contributed by atoms with Gasteiger partial charge >= 0.3 is 0 Å². The number of ether oxygens (including phenoxy) is 2. The summed E-state index contributed by atoms with van der Waals surface area (Å²) in [4.78, 5) is 26.3. The Bertz CT molecular complexity index is 788. The Labute approximate surface area is 151 Å². The predicted octanol–water partition coefficient (Wildman–Crippen LogP) is 2.20. The molecule has 8 nitrogen and oxygen atoms in total. The highest BCUT2D eigenvalue weighted by atomic mass is 16.5. The number of methoxy groups -OCH3 is 1. The van der Waals surface area contributed by atoms with E-state index in [0.717, 1.165) is 0 Å². The van der Waals surface area contributed by atoms with Gasteiger partial charge in [0, 0.05) is 30.9 Å². The number of anilines is 2. The van der Waals surface area contributed by atoms with Crippen molar-refractivity contribution in [2.75, 3.05) is 23.9 Å². The molecule has 2 N–H and O–H groups in total. The molecule has 1 aliphatic heterocycles. The van der Waals surface area contributed by atoms with Gasteiger partial charge in [-0.1, -0.05) is 0 Å². The molecule has 2 heterocycles. The van der Waals surface area contributed by atoms with Crippen LogP contribution < -0.4 is 19.7 Å². The highest BCUT2D eigenvalue weighted by Crippen LogP contribution is 2.32. The highest BCUT2D eigenvalue weighted by molar-refractivity contribution is 6.03. The van der Waals surface area contributed by atoms with Crippen molar-refractivity contribution in [3.63, 3.8) is 0 Å². The van der Waals surface area contributed by atoms with E-state index in [4.69, 9.17) is 9.47 Å². The monoisotopic (exact) mass is 358 g/mol. The third-order valence-corrected chi connectivity index (χ3v) is 4.09. The summed E-state index contributed by atoms with van der Waals surface area (Å²) in [5, 5.41) is 9.38. The molecule has 0 spiro atoms. The first-order valence-corrected chi connectivity index (χ1v) is 8.42. The third kappa shape index (κ3) is 3.79. The fraction of sp³-hybridized carbons (Fsp3) is 0.389.